The Hall–Kier alpha value is -2.48. The van der Waals surface area contributed by atoms with Gasteiger partial charge in [0.15, 0.2) is 6.61 Å². The zero-order valence-corrected chi connectivity index (χ0v) is 14.1. The molecule has 2 aromatic carbocycles. The summed E-state index contributed by atoms with van der Waals surface area (Å²) >= 11 is 5.83. The maximum absolute atomic E-state index is 12.8. The normalized spacial score (nSPS) is 11.1. The summed E-state index contributed by atoms with van der Waals surface area (Å²) in [6.07, 6.45) is -4.48. The molecule has 4 nitrogen and oxygen atoms in total. The molecule has 0 aliphatic carbocycles. The van der Waals surface area contributed by atoms with Crippen LogP contribution in [0.15, 0.2) is 42.5 Å². The van der Waals surface area contributed by atoms with E-state index in [1.807, 2.05) is 0 Å². The molecular formula is C17H15ClF4N2O2. The highest BCUT2D eigenvalue weighted by atomic mass is 35.5. The lowest BCUT2D eigenvalue weighted by Crippen LogP contribution is -2.29. The number of carbonyl (C=O) groups is 1. The van der Waals surface area contributed by atoms with Crippen molar-refractivity contribution in [3.63, 3.8) is 0 Å². The number of ether oxygens (including phenoxy) is 1. The van der Waals surface area contributed by atoms with Crippen LogP contribution in [0.25, 0.3) is 0 Å². The Morgan fingerprint density at radius 2 is 1.81 bits per heavy atom. The maximum Gasteiger partial charge on any atom is 0.422 e. The summed E-state index contributed by atoms with van der Waals surface area (Å²) in [5.41, 5.74) is 0.871. The van der Waals surface area contributed by atoms with Crippen LogP contribution in [0.1, 0.15) is 5.56 Å². The van der Waals surface area contributed by atoms with E-state index >= 15 is 0 Å². The third-order valence-corrected chi connectivity index (χ3v) is 3.41. The minimum Gasteiger partial charge on any atom is -0.482 e. The number of hydrogen-bond acceptors (Lipinski definition) is 3. The largest absolute Gasteiger partial charge is 0.482 e. The van der Waals surface area contributed by atoms with Gasteiger partial charge in [-0.15, -0.1) is 0 Å². The molecule has 0 fully saturated rings. The molecule has 26 heavy (non-hydrogen) atoms. The second-order valence-corrected chi connectivity index (χ2v) is 5.74. The van der Waals surface area contributed by atoms with Gasteiger partial charge in [-0.3, -0.25) is 4.79 Å². The molecule has 0 aliphatic heterocycles. The van der Waals surface area contributed by atoms with Gasteiger partial charge in [0.1, 0.15) is 11.6 Å². The van der Waals surface area contributed by atoms with E-state index in [4.69, 9.17) is 16.3 Å². The van der Waals surface area contributed by atoms with E-state index in [1.54, 1.807) is 0 Å². The molecule has 0 radical (unpaired) electrons. The minimum atomic E-state index is -4.48. The summed E-state index contributed by atoms with van der Waals surface area (Å²) in [6, 6.07) is 9.64. The van der Waals surface area contributed by atoms with Crippen LogP contribution in [0.3, 0.4) is 0 Å². The Kier molecular flexibility index (Phi) is 6.68. The maximum atomic E-state index is 12.8. The minimum absolute atomic E-state index is 0.0712. The number of rotatable bonds is 7. The molecule has 2 aromatic rings. The number of nitrogens with one attached hydrogen (secondary N) is 2. The Balaban J connectivity index is 1.89. The van der Waals surface area contributed by atoms with Crippen molar-refractivity contribution >= 4 is 23.2 Å². The van der Waals surface area contributed by atoms with Crippen LogP contribution in [0.4, 0.5) is 23.2 Å². The first-order valence-corrected chi connectivity index (χ1v) is 7.85. The van der Waals surface area contributed by atoms with Crippen molar-refractivity contribution < 1.29 is 27.1 Å². The first-order valence-electron chi connectivity index (χ1n) is 7.47. The lowest BCUT2D eigenvalue weighted by Gasteiger charge is -2.15. The van der Waals surface area contributed by atoms with Gasteiger partial charge >= 0.3 is 6.18 Å². The van der Waals surface area contributed by atoms with Crippen molar-refractivity contribution in [2.24, 2.45) is 0 Å². The molecule has 140 valence electrons. The van der Waals surface area contributed by atoms with E-state index in [0.29, 0.717) is 5.56 Å². The van der Waals surface area contributed by atoms with Gasteiger partial charge < -0.3 is 15.4 Å². The zero-order chi connectivity index (χ0) is 19.2. The molecule has 0 spiro atoms. The molecule has 0 saturated heterocycles. The van der Waals surface area contributed by atoms with E-state index in [2.05, 4.69) is 10.6 Å². The van der Waals surface area contributed by atoms with Crippen LogP contribution in [0.2, 0.25) is 5.02 Å². The van der Waals surface area contributed by atoms with E-state index in [0.717, 1.165) is 0 Å². The molecule has 2 N–H and O–H groups in total. The molecule has 0 atom stereocenters. The van der Waals surface area contributed by atoms with Crippen LogP contribution in [-0.2, 0) is 11.3 Å². The second-order valence-electron chi connectivity index (χ2n) is 5.30. The van der Waals surface area contributed by atoms with E-state index < -0.39 is 18.7 Å². The molecule has 0 heterocycles. The van der Waals surface area contributed by atoms with E-state index in [9.17, 15) is 22.4 Å². The fraction of sp³-hybridized carbons (Fsp3) is 0.235. The average molecular weight is 391 g/mol. The van der Waals surface area contributed by atoms with Crippen molar-refractivity contribution in [3.05, 3.63) is 58.9 Å². The number of hydrogen-bond donors (Lipinski definition) is 2. The van der Waals surface area contributed by atoms with Crippen molar-refractivity contribution in [2.45, 2.75) is 12.7 Å². The summed E-state index contributed by atoms with van der Waals surface area (Å²) in [4.78, 5) is 11.9. The third-order valence-electron chi connectivity index (χ3n) is 3.18. The van der Waals surface area contributed by atoms with E-state index in [-0.39, 0.29) is 35.4 Å². The third kappa shape index (κ3) is 6.79. The molecule has 2 rings (SSSR count). The fourth-order valence-electron chi connectivity index (χ4n) is 1.97. The first kappa shape index (κ1) is 19.8. The predicted molar refractivity (Wildman–Crippen MR) is 89.7 cm³/mol. The topological polar surface area (TPSA) is 50.4 Å². The van der Waals surface area contributed by atoms with Crippen molar-refractivity contribution in [2.75, 3.05) is 18.5 Å². The Morgan fingerprint density at radius 1 is 1.12 bits per heavy atom. The summed E-state index contributed by atoms with van der Waals surface area (Å²) in [5, 5.41) is 5.56. The van der Waals surface area contributed by atoms with Gasteiger partial charge in [0.2, 0.25) is 5.91 Å². The fourth-order valence-corrected chi connectivity index (χ4v) is 2.14. The summed E-state index contributed by atoms with van der Waals surface area (Å²) in [7, 11) is 0. The van der Waals surface area contributed by atoms with Crippen molar-refractivity contribution in [1.82, 2.24) is 5.32 Å². The molecule has 0 aliphatic rings. The SMILES string of the molecule is O=C(CNc1cc(Cl)ccc1OCC(F)(F)F)NCc1ccc(F)cc1. The van der Waals surface area contributed by atoms with Gasteiger partial charge in [-0.2, -0.15) is 13.2 Å². The van der Waals surface area contributed by atoms with Crippen LogP contribution >= 0.6 is 11.6 Å². The molecule has 9 heteroatoms. The molecule has 0 unspecified atom stereocenters. The standard InChI is InChI=1S/C17H15ClF4N2O2/c18-12-3-6-15(26-10-17(20,21)22)14(7-12)23-9-16(25)24-8-11-1-4-13(19)5-2-11/h1-7,23H,8-10H2,(H,24,25). The molecular weight excluding hydrogens is 376 g/mol. The van der Waals surface area contributed by atoms with Crippen LogP contribution in [0, 0.1) is 5.82 Å². The van der Waals surface area contributed by atoms with Gasteiger partial charge in [0.05, 0.1) is 12.2 Å². The number of benzene rings is 2. The molecule has 1 amide bonds. The van der Waals surface area contributed by atoms with Crippen LogP contribution < -0.4 is 15.4 Å². The van der Waals surface area contributed by atoms with Gasteiger partial charge in [-0.05, 0) is 35.9 Å². The Bertz CT molecular complexity index is 751. The average Bonchev–Trinajstić information content (AvgIpc) is 2.58. The van der Waals surface area contributed by atoms with Gasteiger partial charge in [0, 0.05) is 11.6 Å². The molecule has 0 saturated carbocycles. The summed E-state index contributed by atoms with van der Waals surface area (Å²) < 4.78 is 54.4. The lowest BCUT2D eigenvalue weighted by atomic mass is 10.2. The quantitative estimate of drug-likeness (QED) is 0.698. The summed E-state index contributed by atoms with van der Waals surface area (Å²) in [5.74, 6) is -0.858. The Labute approximate surface area is 152 Å². The van der Waals surface area contributed by atoms with Crippen LogP contribution in [0.5, 0.6) is 5.75 Å². The van der Waals surface area contributed by atoms with Gasteiger partial charge in [-0.25, -0.2) is 4.39 Å². The smallest absolute Gasteiger partial charge is 0.422 e. The number of carbonyl (C=O) groups excluding carboxylic acids is 1. The van der Waals surface area contributed by atoms with Gasteiger partial charge in [-0.1, -0.05) is 23.7 Å². The van der Waals surface area contributed by atoms with Crippen molar-refractivity contribution in [3.8, 4) is 5.75 Å². The van der Waals surface area contributed by atoms with E-state index in [1.165, 1.54) is 42.5 Å². The molecule has 0 bridgehead atoms. The van der Waals surface area contributed by atoms with Crippen molar-refractivity contribution in [1.29, 1.82) is 0 Å². The summed E-state index contributed by atoms with van der Waals surface area (Å²) in [6.45, 7) is -1.47. The number of anilines is 1. The highest BCUT2D eigenvalue weighted by Crippen LogP contribution is 2.29. The second kappa shape index (κ2) is 8.75. The first-order chi connectivity index (χ1) is 12.2. The monoisotopic (exact) mass is 390 g/mol. The zero-order valence-electron chi connectivity index (χ0n) is 13.4. The Morgan fingerprint density at radius 3 is 2.46 bits per heavy atom. The number of halogens is 5. The number of amides is 1. The molecule has 0 aromatic heterocycles. The number of alkyl halides is 3. The highest BCUT2D eigenvalue weighted by Gasteiger charge is 2.28. The predicted octanol–water partition coefficient (Wildman–Crippen LogP) is 4.15. The van der Waals surface area contributed by atoms with Crippen LogP contribution in [-0.4, -0.2) is 25.2 Å². The lowest BCUT2D eigenvalue weighted by molar-refractivity contribution is -0.153. The van der Waals surface area contributed by atoms with Gasteiger partial charge in [0.25, 0.3) is 0 Å². The highest BCUT2D eigenvalue weighted by molar-refractivity contribution is 6.30.